The van der Waals surface area contributed by atoms with Crippen LogP contribution in [0, 0.1) is 0 Å². The summed E-state index contributed by atoms with van der Waals surface area (Å²) in [5.74, 6) is 0.574. The predicted molar refractivity (Wildman–Crippen MR) is 71.3 cm³/mol. The lowest BCUT2D eigenvalue weighted by atomic mass is 10.1. The summed E-state index contributed by atoms with van der Waals surface area (Å²) < 4.78 is 0. The molecule has 18 heavy (non-hydrogen) atoms. The van der Waals surface area contributed by atoms with Gasteiger partial charge in [-0.1, -0.05) is 18.2 Å². The molecule has 0 bridgehead atoms. The van der Waals surface area contributed by atoms with Crippen LogP contribution in [0.25, 0.3) is 11.3 Å². The average molecular weight is 242 g/mol. The number of anilines is 2. The summed E-state index contributed by atoms with van der Waals surface area (Å²) in [4.78, 5) is 19.7. The van der Waals surface area contributed by atoms with E-state index in [9.17, 15) is 4.79 Å². The number of amides is 1. The molecule has 1 aromatic carbocycles. The van der Waals surface area contributed by atoms with Crippen molar-refractivity contribution in [3.05, 3.63) is 36.7 Å². The lowest BCUT2D eigenvalue weighted by Gasteiger charge is -2.09. The van der Waals surface area contributed by atoms with Gasteiger partial charge in [-0.05, 0) is 6.07 Å². The zero-order valence-corrected chi connectivity index (χ0v) is 10.3. The number of nitrogens with one attached hydrogen (secondary N) is 2. The third-order valence-corrected chi connectivity index (χ3v) is 2.40. The number of rotatable bonds is 3. The van der Waals surface area contributed by atoms with Crippen molar-refractivity contribution < 1.29 is 4.79 Å². The van der Waals surface area contributed by atoms with Crippen molar-refractivity contribution in [1.82, 2.24) is 9.97 Å². The second-order valence-electron chi connectivity index (χ2n) is 3.77. The molecule has 92 valence electrons. The van der Waals surface area contributed by atoms with Gasteiger partial charge in [-0.3, -0.25) is 9.78 Å². The van der Waals surface area contributed by atoms with Crippen molar-refractivity contribution >= 4 is 17.4 Å². The zero-order chi connectivity index (χ0) is 13.0. The summed E-state index contributed by atoms with van der Waals surface area (Å²) in [6.07, 6.45) is 3.31. The van der Waals surface area contributed by atoms with Crippen LogP contribution in [0.2, 0.25) is 0 Å². The van der Waals surface area contributed by atoms with Crippen LogP contribution in [0.3, 0.4) is 0 Å². The summed E-state index contributed by atoms with van der Waals surface area (Å²) in [5.41, 5.74) is 2.29. The van der Waals surface area contributed by atoms with Gasteiger partial charge in [-0.15, -0.1) is 0 Å². The van der Waals surface area contributed by atoms with E-state index < -0.39 is 0 Å². The number of hydrogen-bond donors (Lipinski definition) is 2. The normalized spacial score (nSPS) is 9.89. The highest BCUT2D eigenvalue weighted by Crippen LogP contribution is 2.26. The maximum absolute atomic E-state index is 11.2. The van der Waals surface area contributed by atoms with Gasteiger partial charge >= 0.3 is 0 Å². The Bertz CT molecular complexity index is 568. The fourth-order valence-electron chi connectivity index (χ4n) is 1.62. The molecular formula is C13H14N4O. The highest BCUT2D eigenvalue weighted by Gasteiger charge is 2.07. The second-order valence-corrected chi connectivity index (χ2v) is 3.77. The molecule has 0 fully saturated rings. The second kappa shape index (κ2) is 5.27. The van der Waals surface area contributed by atoms with Crippen molar-refractivity contribution in [2.24, 2.45) is 0 Å². The number of benzene rings is 1. The zero-order valence-electron chi connectivity index (χ0n) is 10.3. The third kappa shape index (κ3) is 2.63. The van der Waals surface area contributed by atoms with Gasteiger partial charge in [0.25, 0.3) is 0 Å². The van der Waals surface area contributed by atoms with Gasteiger partial charge in [0.15, 0.2) is 0 Å². The fourth-order valence-corrected chi connectivity index (χ4v) is 1.62. The van der Waals surface area contributed by atoms with Crippen LogP contribution in [0.5, 0.6) is 0 Å². The number of carbonyl (C=O) groups excluding carboxylic acids is 1. The summed E-state index contributed by atoms with van der Waals surface area (Å²) in [7, 11) is 1.79. The Labute approximate surface area is 105 Å². The molecule has 1 heterocycles. The Hall–Kier alpha value is -2.43. The van der Waals surface area contributed by atoms with Gasteiger partial charge < -0.3 is 10.6 Å². The average Bonchev–Trinajstić information content (AvgIpc) is 2.39. The van der Waals surface area contributed by atoms with Crippen molar-refractivity contribution in [2.45, 2.75) is 6.92 Å². The standard InChI is InChI=1S/C13H14N4O/c1-9(18)16-11-6-4-3-5-10(11)12-7-15-8-13(14-2)17-12/h3-8H,1-2H3,(H,14,17)(H,16,18). The molecule has 1 amide bonds. The number of hydrogen-bond acceptors (Lipinski definition) is 4. The predicted octanol–water partition coefficient (Wildman–Crippen LogP) is 2.14. The van der Waals surface area contributed by atoms with Crippen LogP contribution in [0.4, 0.5) is 11.5 Å². The van der Waals surface area contributed by atoms with Crippen LogP contribution >= 0.6 is 0 Å². The number of nitrogens with zero attached hydrogens (tertiary/aromatic N) is 2. The van der Waals surface area contributed by atoms with Crippen molar-refractivity contribution in [1.29, 1.82) is 0 Å². The first-order chi connectivity index (χ1) is 8.70. The Kier molecular flexibility index (Phi) is 3.52. The lowest BCUT2D eigenvalue weighted by molar-refractivity contribution is -0.114. The van der Waals surface area contributed by atoms with E-state index in [-0.39, 0.29) is 5.91 Å². The highest BCUT2D eigenvalue weighted by molar-refractivity contribution is 5.93. The third-order valence-electron chi connectivity index (χ3n) is 2.40. The van der Waals surface area contributed by atoms with Crippen molar-refractivity contribution in [3.63, 3.8) is 0 Å². The highest BCUT2D eigenvalue weighted by atomic mass is 16.1. The molecule has 1 aromatic heterocycles. The summed E-state index contributed by atoms with van der Waals surface area (Å²) >= 11 is 0. The Morgan fingerprint density at radius 2 is 2.00 bits per heavy atom. The molecule has 5 nitrogen and oxygen atoms in total. The maximum Gasteiger partial charge on any atom is 0.221 e. The minimum absolute atomic E-state index is 0.111. The summed E-state index contributed by atoms with van der Waals surface area (Å²) in [6, 6.07) is 7.50. The minimum Gasteiger partial charge on any atom is -0.372 e. The number of aromatic nitrogens is 2. The van der Waals surface area contributed by atoms with Crippen LogP contribution < -0.4 is 10.6 Å². The molecule has 0 atom stereocenters. The van der Waals surface area contributed by atoms with Crippen molar-refractivity contribution in [3.8, 4) is 11.3 Å². The molecule has 0 saturated heterocycles. The summed E-state index contributed by atoms with van der Waals surface area (Å²) in [6.45, 7) is 1.48. The molecule has 0 unspecified atom stereocenters. The Morgan fingerprint density at radius 1 is 1.22 bits per heavy atom. The van der Waals surface area contributed by atoms with E-state index in [4.69, 9.17) is 0 Å². The quantitative estimate of drug-likeness (QED) is 0.865. The molecule has 2 aromatic rings. The molecule has 0 aliphatic carbocycles. The van der Waals surface area contributed by atoms with E-state index in [2.05, 4.69) is 20.6 Å². The Balaban J connectivity index is 2.45. The van der Waals surface area contributed by atoms with Crippen LogP contribution in [0.1, 0.15) is 6.92 Å². The van der Waals surface area contributed by atoms with Gasteiger partial charge in [0, 0.05) is 19.5 Å². The topological polar surface area (TPSA) is 66.9 Å². The summed E-state index contributed by atoms with van der Waals surface area (Å²) in [5, 5.41) is 5.72. The van der Waals surface area contributed by atoms with Crippen LogP contribution in [-0.4, -0.2) is 22.9 Å². The van der Waals surface area contributed by atoms with Gasteiger partial charge in [0.2, 0.25) is 5.91 Å². The molecule has 0 aliphatic rings. The van der Waals surface area contributed by atoms with Gasteiger partial charge in [0.05, 0.1) is 23.8 Å². The van der Waals surface area contributed by atoms with E-state index >= 15 is 0 Å². The molecule has 5 heteroatoms. The first kappa shape index (κ1) is 12.0. The van der Waals surface area contributed by atoms with Crippen LogP contribution in [0.15, 0.2) is 36.7 Å². The molecule has 0 spiro atoms. The van der Waals surface area contributed by atoms with Gasteiger partial charge in [-0.25, -0.2) is 4.98 Å². The molecule has 2 rings (SSSR count). The SMILES string of the molecule is CNc1cncc(-c2ccccc2NC(C)=O)n1. The molecule has 0 aliphatic heterocycles. The van der Waals surface area contributed by atoms with E-state index in [1.807, 2.05) is 24.3 Å². The Morgan fingerprint density at radius 3 is 2.72 bits per heavy atom. The van der Waals surface area contributed by atoms with E-state index in [0.29, 0.717) is 11.5 Å². The van der Waals surface area contributed by atoms with Gasteiger partial charge in [-0.2, -0.15) is 0 Å². The first-order valence-corrected chi connectivity index (χ1v) is 5.57. The maximum atomic E-state index is 11.2. The van der Waals surface area contributed by atoms with E-state index in [0.717, 1.165) is 11.3 Å². The largest absolute Gasteiger partial charge is 0.372 e. The number of carbonyl (C=O) groups is 1. The number of para-hydroxylation sites is 1. The minimum atomic E-state index is -0.111. The van der Waals surface area contributed by atoms with E-state index in [1.54, 1.807) is 19.4 Å². The molecule has 0 radical (unpaired) electrons. The first-order valence-electron chi connectivity index (χ1n) is 5.57. The van der Waals surface area contributed by atoms with Crippen LogP contribution in [-0.2, 0) is 4.79 Å². The van der Waals surface area contributed by atoms with Gasteiger partial charge in [0.1, 0.15) is 5.82 Å². The molecule has 2 N–H and O–H groups in total. The lowest BCUT2D eigenvalue weighted by Crippen LogP contribution is -2.07. The van der Waals surface area contributed by atoms with Crippen molar-refractivity contribution in [2.75, 3.05) is 17.7 Å². The molecular weight excluding hydrogens is 228 g/mol. The fraction of sp³-hybridized carbons (Fsp3) is 0.154. The van der Waals surface area contributed by atoms with E-state index in [1.165, 1.54) is 6.92 Å². The molecule has 0 saturated carbocycles. The smallest absolute Gasteiger partial charge is 0.221 e. The monoisotopic (exact) mass is 242 g/mol.